The van der Waals surface area contributed by atoms with Gasteiger partial charge in [-0.1, -0.05) is 23.7 Å². The summed E-state index contributed by atoms with van der Waals surface area (Å²) in [6, 6.07) is 10.1. The first-order valence-corrected chi connectivity index (χ1v) is 9.67. The summed E-state index contributed by atoms with van der Waals surface area (Å²) < 4.78 is 5.17. The molecule has 2 fully saturated rings. The van der Waals surface area contributed by atoms with E-state index in [0.717, 1.165) is 10.5 Å². The zero-order chi connectivity index (χ0) is 19.7. The maximum atomic E-state index is 12.9. The van der Waals surface area contributed by atoms with Gasteiger partial charge >= 0.3 is 0 Å². The van der Waals surface area contributed by atoms with Gasteiger partial charge in [0.15, 0.2) is 11.8 Å². The van der Waals surface area contributed by atoms with E-state index in [1.807, 2.05) is 12.1 Å². The van der Waals surface area contributed by atoms with E-state index in [-0.39, 0.29) is 36.7 Å². The Morgan fingerprint density at radius 1 is 1.14 bits per heavy atom. The van der Waals surface area contributed by atoms with Crippen LogP contribution in [0.25, 0.3) is 0 Å². The van der Waals surface area contributed by atoms with Crippen molar-refractivity contribution in [2.45, 2.75) is 19.0 Å². The van der Waals surface area contributed by atoms with Gasteiger partial charge in [-0.05, 0) is 29.8 Å². The molecule has 3 amide bonds. The zero-order valence-corrected chi connectivity index (χ0v) is 16.0. The van der Waals surface area contributed by atoms with Gasteiger partial charge in [-0.25, -0.2) is 0 Å². The van der Waals surface area contributed by atoms with Crippen molar-refractivity contribution < 1.29 is 23.7 Å². The molecule has 28 heavy (non-hydrogen) atoms. The highest BCUT2D eigenvalue weighted by atomic mass is 35.5. The monoisotopic (exact) mass is 402 g/mol. The Bertz CT molecular complexity index is 873. The van der Waals surface area contributed by atoms with Crippen LogP contribution in [0.2, 0.25) is 5.02 Å². The second-order valence-corrected chi connectivity index (χ2v) is 7.57. The number of rotatable bonds is 4. The molecule has 0 saturated carbocycles. The molecule has 0 spiro atoms. The van der Waals surface area contributed by atoms with Crippen LogP contribution in [0.1, 0.15) is 22.5 Å². The van der Waals surface area contributed by atoms with Gasteiger partial charge in [-0.15, -0.1) is 0 Å². The van der Waals surface area contributed by atoms with E-state index in [1.165, 1.54) is 11.2 Å². The molecule has 8 heteroatoms. The lowest BCUT2D eigenvalue weighted by molar-refractivity contribution is -0.918. The highest BCUT2D eigenvalue weighted by molar-refractivity contribution is 6.30. The summed E-state index contributed by atoms with van der Waals surface area (Å²) in [5.41, 5.74) is 0.871. The molecular weight excluding hydrogens is 382 g/mol. The van der Waals surface area contributed by atoms with E-state index in [9.17, 15) is 14.4 Å². The largest absolute Gasteiger partial charge is 0.459 e. The third kappa shape index (κ3) is 3.68. The van der Waals surface area contributed by atoms with Crippen LogP contribution in [-0.4, -0.2) is 59.7 Å². The summed E-state index contributed by atoms with van der Waals surface area (Å²) in [4.78, 5) is 41.8. The minimum Gasteiger partial charge on any atom is -0.459 e. The van der Waals surface area contributed by atoms with Crippen molar-refractivity contribution in [2.75, 3.05) is 26.2 Å². The fraction of sp³-hybridized carbons (Fsp3) is 0.350. The van der Waals surface area contributed by atoms with E-state index in [4.69, 9.17) is 16.0 Å². The van der Waals surface area contributed by atoms with Gasteiger partial charge in [0.25, 0.3) is 11.8 Å². The SMILES string of the molecule is O=C(c1ccco1)N1CC[NH+]([C@@H]2CC(=O)N(Cc3ccc(Cl)cc3)C2=O)CC1. The van der Waals surface area contributed by atoms with Gasteiger partial charge in [0.1, 0.15) is 0 Å². The number of quaternary nitrogens is 1. The third-order valence-electron chi connectivity index (χ3n) is 5.42. The molecule has 1 aromatic carbocycles. The zero-order valence-electron chi connectivity index (χ0n) is 15.3. The van der Waals surface area contributed by atoms with Crippen LogP contribution >= 0.6 is 11.6 Å². The van der Waals surface area contributed by atoms with Gasteiger partial charge < -0.3 is 14.2 Å². The Hall–Kier alpha value is -2.64. The smallest absolute Gasteiger partial charge is 0.289 e. The molecule has 3 heterocycles. The molecule has 2 saturated heterocycles. The van der Waals surface area contributed by atoms with Crippen LogP contribution < -0.4 is 4.90 Å². The van der Waals surface area contributed by atoms with Crippen molar-refractivity contribution in [1.29, 1.82) is 0 Å². The Balaban J connectivity index is 1.36. The minimum atomic E-state index is -0.374. The molecule has 2 aliphatic heterocycles. The molecule has 2 aromatic rings. The van der Waals surface area contributed by atoms with Crippen LogP contribution in [0.5, 0.6) is 0 Å². The first-order valence-electron chi connectivity index (χ1n) is 9.29. The van der Waals surface area contributed by atoms with Crippen molar-refractivity contribution in [3.8, 4) is 0 Å². The normalized spacial score (nSPS) is 20.8. The van der Waals surface area contributed by atoms with Crippen LogP contribution in [-0.2, 0) is 16.1 Å². The molecule has 0 unspecified atom stereocenters. The van der Waals surface area contributed by atoms with Crippen LogP contribution in [0.3, 0.4) is 0 Å². The molecule has 1 atom stereocenters. The van der Waals surface area contributed by atoms with Crippen LogP contribution in [0, 0.1) is 0 Å². The summed E-state index contributed by atoms with van der Waals surface area (Å²) in [7, 11) is 0. The number of benzene rings is 1. The topological polar surface area (TPSA) is 75.3 Å². The Morgan fingerprint density at radius 2 is 1.86 bits per heavy atom. The maximum absolute atomic E-state index is 12.9. The van der Waals surface area contributed by atoms with Gasteiger partial charge in [-0.3, -0.25) is 19.3 Å². The number of amides is 3. The summed E-state index contributed by atoms with van der Waals surface area (Å²) in [6.07, 6.45) is 1.70. The second kappa shape index (κ2) is 7.77. The summed E-state index contributed by atoms with van der Waals surface area (Å²) in [5.74, 6) is -0.0979. The molecule has 0 aliphatic carbocycles. The molecule has 1 aromatic heterocycles. The first-order chi connectivity index (χ1) is 13.5. The van der Waals surface area contributed by atoms with E-state index < -0.39 is 0 Å². The standard InChI is InChI=1S/C20H20ClN3O4/c21-15-5-3-14(4-6-15)13-24-18(25)12-16(19(24)26)22-7-9-23(10-8-22)20(27)17-2-1-11-28-17/h1-6,11,16H,7-10,12-13H2/p+1/t16-/m1/s1. The van der Waals surface area contributed by atoms with Gasteiger partial charge in [0.2, 0.25) is 5.91 Å². The third-order valence-corrected chi connectivity index (χ3v) is 5.67. The highest BCUT2D eigenvalue weighted by Crippen LogP contribution is 2.17. The van der Waals surface area contributed by atoms with Crippen molar-refractivity contribution in [1.82, 2.24) is 9.80 Å². The van der Waals surface area contributed by atoms with E-state index >= 15 is 0 Å². The molecule has 2 aliphatic rings. The van der Waals surface area contributed by atoms with Gasteiger partial charge in [0, 0.05) is 5.02 Å². The number of piperazine rings is 1. The number of carbonyl (C=O) groups is 3. The van der Waals surface area contributed by atoms with Crippen molar-refractivity contribution in [2.24, 2.45) is 0 Å². The average molecular weight is 403 g/mol. The van der Waals surface area contributed by atoms with Crippen molar-refractivity contribution in [3.05, 3.63) is 59.0 Å². The Morgan fingerprint density at radius 3 is 2.50 bits per heavy atom. The number of hydrogen-bond acceptors (Lipinski definition) is 4. The molecule has 0 bridgehead atoms. The minimum absolute atomic E-state index is 0.137. The number of hydrogen-bond donors (Lipinski definition) is 1. The predicted octanol–water partition coefficient (Wildman–Crippen LogP) is 0.601. The average Bonchev–Trinajstić information content (AvgIpc) is 3.33. The van der Waals surface area contributed by atoms with Gasteiger partial charge in [-0.2, -0.15) is 0 Å². The van der Waals surface area contributed by atoms with E-state index in [0.29, 0.717) is 37.0 Å². The number of halogens is 1. The molecule has 1 N–H and O–H groups in total. The summed E-state index contributed by atoms with van der Waals surface area (Å²) in [5, 5.41) is 0.618. The molecule has 146 valence electrons. The summed E-state index contributed by atoms with van der Waals surface area (Å²) >= 11 is 5.89. The van der Waals surface area contributed by atoms with Crippen LogP contribution in [0.4, 0.5) is 0 Å². The predicted molar refractivity (Wildman–Crippen MR) is 101 cm³/mol. The fourth-order valence-corrected chi connectivity index (χ4v) is 3.97. The number of likely N-dealkylation sites (tertiary alicyclic amines) is 1. The number of imide groups is 1. The lowest BCUT2D eigenvalue weighted by atomic mass is 10.1. The molecule has 0 radical (unpaired) electrons. The molecular formula is C20H21ClN3O4+. The Kier molecular flexibility index (Phi) is 5.19. The number of furan rings is 1. The van der Waals surface area contributed by atoms with Crippen molar-refractivity contribution >= 4 is 29.3 Å². The lowest BCUT2D eigenvalue weighted by Crippen LogP contribution is -3.19. The van der Waals surface area contributed by atoms with Gasteiger partial charge in [0.05, 0.1) is 45.4 Å². The van der Waals surface area contributed by atoms with Crippen molar-refractivity contribution in [3.63, 3.8) is 0 Å². The quantitative estimate of drug-likeness (QED) is 0.760. The highest BCUT2D eigenvalue weighted by Gasteiger charge is 2.45. The molecule has 7 nitrogen and oxygen atoms in total. The first kappa shape index (κ1) is 18.7. The number of carbonyl (C=O) groups excluding carboxylic acids is 3. The van der Waals surface area contributed by atoms with Crippen LogP contribution in [0.15, 0.2) is 47.1 Å². The lowest BCUT2D eigenvalue weighted by Gasteiger charge is -2.34. The second-order valence-electron chi connectivity index (χ2n) is 7.13. The van der Waals surface area contributed by atoms with E-state index in [2.05, 4.69) is 0 Å². The fourth-order valence-electron chi connectivity index (χ4n) is 3.84. The molecule has 4 rings (SSSR count). The number of nitrogens with one attached hydrogen (secondary N) is 1. The maximum Gasteiger partial charge on any atom is 0.289 e. The summed E-state index contributed by atoms with van der Waals surface area (Å²) in [6.45, 7) is 2.59. The van der Waals surface area contributed by atoms with E-state index in [1.54, 1.807) is 29.2 Å². The number of nitrogens with zero attached hydrogens (tertiary/aromatic N) is 2. The Labute approximate surface area is 167 Å².